The van der Waals surface area contributed by atoms with Crippen LogP contribution in [0.2, 0.25) is 0 Å². The van der Waals surface area contributed by atoms with E-state index < -0.39 is 25.8 Å². The number of sulfonamides is 1. The number of hydrogen-bond acceptors (Lipinski definition) is 8. The quantitative estimate of drug-likeness (QED) is 0.385. The summed E-state index contributed by atoms with van der Waals surface area (Å²) in [6.45, 7) is 5.85. The van der Waals surface area contributed by atoms with Gasteiger partial charge in [-0.15, -0.1) is 0 Å². The fourth-order valence-electron chi connectivity index (χ4n) is 3.86. The molecule has 2 aromatic carbocycles. The highest BCUT2D eigenvalue weighted by atomic mass is 32.2. The Morgan fingerprint density at radius 1 is 1.05 bits per heavy atom. The van der Waals surface area contributed by atoms with Gasteiger partial charge in [-0.05, 0) is 48.9 Å². The summed E-state index contributed by atoms with van der Waals surface area (Å²) in [4.78, 5) is 15.6. The predicted molar refractivity (Wildman–Crippen MR) is 147 cm³/mol. The van der Waals surface area contributed by atoms with E-state index in [0.717, 1.165) is 55.3 Å². The van der Waals surface area contributed by atoms with E-state index in [1.165, 1.54) is 31.3 Å². The minimum atomic E-state index is -3.60. The number of ether oxygens (including phenoxy) is 1. The zero-order valence-corrected chi connectivity index (χ0v) is 23.2. The molecule has 3 rings (SSSR count). The van der Waals surface area contributed by atoms with Crippen LogP contribution in [-0.2, 0) is 24.6 Å². The zero-order valence-electron chi connectivity index (χ0n) is 21.6. The lowest BCUT2D eigenvalue weighted by atomic mass is 10.1. The molecule has 37 heavy (non-hydrogen) atoms. The Kier molecular flexibility index (Phi) is 9.93. The van der Waals surface area contributed by atoms with Gasteiger partial charge in [0.15, 0.2) is 9.84 Å². The van der Waals surface area contributed by atoms with Crippen LogP contribution < -0.4 is 19.8 Å². The smallest absolute Gasteiger partial charge is 0.257 e. The molecular weight excluding hydrogens is 516 g/mol. The first-order valence-electron chi connectivity index (χ1n) is 12.3. The van der Waals surface area contributed by atoms with Crippen molar-refractivity contribution in [1.82, 2.24) is 5.32 Å². The largest absolute Gasteiger partial charge is 0.380 e. The van der Waals surface area contributed by atoms with Crippen LogP contribution >= 0.6 is 0 Å². The van der Waals surface area contributed by atoms with Crippen LogP contribution in [0.15, 0.2) is 47.4 Å². The molecule has 10 nitrogen and oxygen atoms in total. The highest BCUT2D eigenvalue weighted by Gasteiger charge is 2.23. The summed E-state index contributed by atoms with van der Waals surface area (Å²) in [5.41, 5.74) is 1.66. The monoisotopic (exact) mass is 552 g/mol. The molecule has 0 aromatic heterocycles. The van der Waals surface area contributed by atoms with Crippen LogP contribution in [0, 0.1) is 0 Å². The molecule has 1 amide bonds. The third-order valence-corrected chi connectivity index (χ3v) is 9.04. The molecule has 0 aliphatic carbocycles. The van der Waals surface area contributed by atoms with Crippen molar-refractivity contribution >= 4 is 42.8 Å². The predicted octanol–water partition coefficient (Wildman–Crippen LogP) is 2.33. The van der Waals surface area contributed by atoms with Gasteiger partial charge >= 0.3 is 0 Å². The van der Waals surface area contributed by atoms with Gasteiger partial charge in [-0.2, -0.15) is 0 Å². The van der Waals surface area contributed by atoms with E-state index in [9.17, 15) is 21.6 Å². The molecule has 1 fully saturated rings. The van der Waals surface area contributed by atoms with Gasteiger partial charge in [0.2, 0.25) is 10.0 Å². The normalized spacial score (nSPS) is 14.4. The highest BCUT2D eigenvalue weighted by molar-refractivity contribution is 7.92. The number of carbonyl (C=O) groups excluding carboxylic acids is 1. The van der Waals surface area contributed by atoms with Gasteiger partial charge in [-0.1, -0.05) is 13.3 Å². The van der Waals surface area contributed by atoms with Gasteiger partial charge in [0.05, 0.1) is 34.8 Å². The second-order valence-corrected chi connectivity index (χ2v) is 13.1. The van der Waals surface area contributed by atoms with Gasteiger partial charge in [0, 0.05) is 51.2 Å². The van der Waals surface area contributed by atoms with Crippen LogP contribution in [0.4, 0.5) is 17.1 Å². The van der Waals surface area contributed by atoms with E-state index in [-0.39, 0.29) is 28.5 Å². The second kappa shape index (κ2) is 12.7. The summed E-state index contributed by atoms with van der Waals surface area (Å²) in [6, 6.07) is 11.0. The van der Waals surface area contributed by atoms with Gasteiger partial charge in [0.1, 0.15) is 0 Å². The summed E-state index contributed by atoms with van der Waals surface area (Å²) >= 11 is 0. The average Bonchev–Trinajstić information content (AvgIpc) is 2.88. The topological polar surface area (TPSA) is 125 Å². The first kappa shape index (κ1) is 28.9. The van der Waals surface area contributed by atoms with Crippen LogP contribution in [0.1, 0.15) is 30.1 Å². The first-order valence-corrected chi connectivity index (χ1v) is 15.8. The lowest BCUT2D eigenvalue weighted by molar-refractivity contribution is 0.102. The number of sulfone groups is 1. The molecule has 1 aliphatic rings. The number of hydrogen-bond donors (Lipinski definition) is 2. The number of amides is 1. The van der Waals surface area contributed by atoms with Gasteiger partial charge in [-0.3, -0.25) is 9.10 Å². The Morgan fingerprint density at radius 3 is 2.35 bits per heavy atom. The molecule has 0 unspecified atom stereocenters. The summed E-state index contributed by atoms with van der Waals surface area (Å²) in [5, 5.41) is 6.05. The van der Waals surface area contributed by atoms with Crippen LogP contribution in [0.25, 0.3) is 0 Å². The number of anilines is 3. The minimum absolute atomic E-state index is 0.123. The van der Waals surface area contributed by atoms with Gasteiger partial charge in [-0.25, -0.2) is 16.8 Å². The average molecular weight is 553 g/mol. The molecule has 0 saturated carbocycles. The number of piperazine rings is 1. The van der Waals surface area contributed by atoms with Crippen molar-refractivity contribution in [2.24, 2.45) is 0 Å². The maximum Gasteiger partial charge on any atom is 0.257 e. The Hall–Kier alpha value is -2.67. The third kappa shape index (κ3) is 7.91. The lowest BCUT2D eigenvalue weighted by Crippen LogP contribution is -2.43. The Bertz CT molecular complexity index is 1270. The minimum Gasteiger partial charge on any atom is -0.380 e. The maximum absolute atomic E-state index is 13.3. The SMILES string of the molecule is CCCCOCCS(=O)(=O)c1ccc(NC(=O)c2cc(N3CCNCC3)ccc2N(C)S(C)(=O)=O)cc1. The molecule has 0 radical (unpaired) electrons. The van der Waals surface area contributed by atoms with E-state index in [1.807, 2.05) is 13.0 Å². The number of rotatable bonds is 12. The molecule has 0 spiro atoms. The summed E-state index contributed by atoms with van der Waals surface area (Å²) in [6.07, 6.45) is 2.94. The molecule has 204 valence electrons. The standard InChI is InChI=1S/C25H36N4O6S2/c1-4-5-16-35-17-18-37(33,34)22-9-6-20(7-10-22)27-25(30)23-19-21(29-14-12-26-13-15-29)8-11-24(23)28(2)36(3,31)32/h6-11,19,26H,4-5,12-18H2,1-3H3,(H,27,30). The Labute approximate surface area is 220 Å². The molecular formula is C25H36N4O6S2. The molecule has 0 bridgehead atoms. The fraction of sp³-hybridized carbons (Fsp3) is 0.480. The number of carbonyl (C=O) groups is 1. The number of nitrogens with zero attached hydrogens (tertiary/aromatic N) is 2. The van der Waals surface area contributed by atoms with E-state index >= 15 is 0 Å². The van der Waals surface area contributed by atoms with Crippen molar-refractivity contribution in [1.29, 1.82) is 0 Å². The molecule has 0 atom stereocenters. The van der Waals surface area contributed by atoms with E-state index in [1.54, 1.807) is 12.1 Å². The van der Waals surface area contributed by atoms with Gasteiger partial charge in [0.25, 0.3) is 5.91 Å². The molecule has 2 N–H and O–H groups in total. The fourth-order valence-corrected chi connectivity index (χ4v) is 5.50. The number of benzene rings is 2. The number of unbranched alkanes of at least 4 members (excludes halogenated alkanes) is 1. The van der Waals surface area contributed by atoms with E-state index in [4.69, 9.17) is 4.74 Å². The van der Waals surface area contributed by atoms with Crippen molar-refractivity contribution in [2.45, 2.75) is 24.7 Å². The molecule has 1 saturated heterocycles. The van der Waals surface area contributed by atoms with Gasteiger partial charge < -0.3 is 20.3 Å². The molecule has 1 aliphatic heterocycles. The van der Waals surface area contributed by atoms with E-state index in [2.05, 4.69) is 15.5 Å². The maximum atomic E-state index is 13.3. The number of nitrogens with one attached hydrogen (secondary N) is 2. The molecule has 1 heterocycles. The van der Waals surface area contributed by atoms with Crippen molar-refractivity contribution in [2.75, 3.05) is 73.0 Å². The van der Waals surface area contributed by atoms with Crippen molar-refractivity contribution in [3.05, 3.63) is 48.0 Å². The summed E-state index contributed by atoms with van der Waals surface area (Å²) in [7, 11) is -5.72. The van der Waals surface area contributed by atoms with Crippen molar-refractivity contribution < 1.29 is 26.4 Å². The summed E-state index contributed by atoms with van der Waals surface area (Å²) < 4.78 is 56.0. The zero-order chi connectivity index (χ0) is 27.1. The van der Waals surface area contributed by atoms with Crippen LogP contribution in [0.5, 0.6) is 0 Å². The Balaban J connectivity index is 1.79. The molecule has 2 aromatic rings. The van der Waals surface area contributed by atoms with Crippen LogP contribution in [-0.4, -0.2) is 81.2 Å². The van der Waals surface area contributed by atoms with Crippen LogP contribution in [0.3, 0.4) is 0 Å². The summed E-state index contributed by atoms with van der Waals surface area (Å²) in [5.74, 6) is -0.620. The Morgan fingerprint density at radius 2 is 1.73 bits per heavy atom. The highest BCUT2D eigenvalue weighted by Crippen LogP contribution is 2.28. The van der Waals surface area contributed by atoms with Crippen molar-refractivity contribution in [3.8, 4) is 0 Å². The second-order valence-electron chi connectivity index (χ2n) is 8.93. The van der Waals surface area contributed by atoms with E-state index in [0.29, 0.717) is 12.3 Å². The van der Waals surface area contributed by atoms with Crippen molar-refractivity contribution in [3.63, 3.8) is 0 Å². The lowest BCUT2D eigenvalue weighted by Gasteiger charge is -2.30. The first-order chi connectivity index (χ1) is 17.5. The third-order valence-electron chi connectivity index (χ3n) is 6.15. The molecule has 12 heteroatoms.